The average Bonchev–Trinajstić information content (AvgIpc) is 1.97. The molecule has 0 aromatic heterocycles. The van der Waals surface area contributed by atoms with Crippen molar-refractivity contribution < 1.29 is 23.5 Å². The third-order valence-corrected chi connectivity index (χ3v) is 1.92. The van der Waals surface area contributed by atoms with Gasteiger partial charge in [-0.15, -0.1) is 0 Å². The maximum atomic E-state index is 11.1. The van der Waals surface area contributed by atoms with Crippen molar-refractivity contribution in [2.45, 2.75) is 12.5 Å². The number of hydrogen-bond acceptors (Lipinski definition) is 3. The molecule has 0 aromatic carbocycles. The average molecular weight is 184 g/mol. The van der Waals surface area contributed by atoms with Gasteiger partial charge in [0, 0.05) is 16.9 Å². The van der Waals surface area contributed by atoms with E-state index < -0.39 is 32.1 Å². The molecule has 6 heteroatoms. The molecular weight excluding hydrogens is 169 g/mol. The van der Waals surface area contributed by atoms with E-state index >= 15 is 0 Å². The molecular formula is C5H12NO4P. The van der Waals surface area contributed by atoms with E-state index in [1.54, 1.807) is 0 Å². The highest BCUT2D eigenvalue weighted by Crippen LogP contribution is 2.35. The van der Waals surface area contributed by atoms with Gasteiger partial charge in [-0.1, -0.05) is 0 Å². The standard InChI is InChI=1S/C5H12NO4P/c1-11(9,10)3-2-4(6)5(7)8/h4H,2-3,6H2,1H3,(H,7,8)(H,9,10)/i1D3. The van der Waals surface area contributed by atoms with Crippen molar-refractivity contribution in [1.82, 2.24) is 0 Å². The second kappa shape index (κ2) is 3.85. The van der Waals surface area contributed by atoms with Crippen molar-refractivity contribution in [2.75, 3.05) is 12.8 Å². The first kappa shape index (κ1) is 6.17. The quantitative estimate of drug-likeness (QED) is 0.520. The van der Waals surface area contributed by atoms with Crippen molar-refractivity contribution in [3.8, 4) is 0 Å². The molecule has 0 rings (SSSR count). The second-order valence-electron chi connectivity index (χ2n) is 2.16. The van der Waals surface area contributed by atoms with E-state index in [0.717, 1.165) is 0 Å². The van der Waals surface area contributed by atoms with Crippen LogP contribution in [0.25, 0.3) is 0 Å². The van der Waals surface area contributed by atoms with Crippen molar-refractivity contribution >= 4 is 13.3 Å². The third-order valence-electron chi connectivity index (χ3n) is 1.06. The van der Waals surface area contributed by atoms with Crippen LogP contribution in [-0.2, 0) is 9.36 Å². The molecule has 66 valence electrons. The number of carboxylic acid groups (broad SMARTS) is 1. The Hall–Kier alpha value is -0.380. The zero-order valence-corrected chi connectivity index (χ0v) is 6.62. The van der Waals surface area contributed by atoms with Gasteiger partial charge >= 0.3 is 5.97 Å². The van der Waals surface area contributed by atoms with Gasteiger partial charge < -0.3 is 15.7 Å². The van der Waals surface area contributed by atoms with Gasteiger partial charge in [0.2, 0.25) is 0 Å². The fourth-order valence-electron chi connectivity index (χ4n) is 0.438. The van der Waals surface area contributed by atoms with Crippen LogP contribution in [0.4, 0.5) is 0 Å². The zero-order valence-electron chi connectivity index (χ0n) is 8.73. The summed E-state index contributed by atoms with van der Waals surface area (Å²) in [7, 11) is -4.31. The number of aliphatic carboxylic acids is 1. The first-order valence-corrected chi connectivity index (χ1v) is 4.73. The summed E-state index contributed by atoms with van der Waals surface area (Å²) in [5.74, 6) is -1.32. The lowest BCUT2D eigenvalue weighted by Gasteiger charge is -2.07. The lowest BCUT2D eigenvalue weighted by Crippen LogP contribution is -2.30. The highest BCUT2D eigenvalue weighted by atomic mass is 31.2. The van der Waals surface area contributed by atoms with Crippen LogP contribution < -0.4 is 5.73 Å². The number of hydrogen-bond donors (Lipinski definition) is 3. The predicted molar refractivity (Wildman–Crippen MR) is 40.8 cm³/mol. The van der Waals surface area contributed by atoms with Crippen LogP contribution in [0.15, 0.2) is 0 Å². The molecule has 11 heavy (non-hydrogen) atoms. The lowest BCUT2D eigenvalue weighted by atomic mass is 10.2. The van der Waals surface area contributed by atoms with Gasteiger partial charge in [0.05, 0.1) is 0 Å². The summed E-state index contributed by atoms with van der Waals surface area (Å²) in [4.78, 5) is 19.3. The molecule has 0 aliphatic heterocycles. The van der Waals surface area contributed by atoms with Crippen LogP contribution in [0, 0.1) is 0 Å². The minimum absolute atomic E-state index is 0.332. The summed E-state index contributed by atoms with van der Waals surface area (Å²) >= 11 is 0. The van der Waals surface area contributed by atoms with Gasteiger partial charge in [-0.05, 0) is 6.42 Å². The van der Waals surface area contributed by atoms with Crippen molar-refractivity contribution in [1.29, 1.82) is 0 Å². The Kier molecular flexibility index (Phi) is 2.16. The maximum Gasteiger partial charge on any atom is 0.320 e. The highest BCUT2D eigenvalue weighted by molar-refractivity contribution is 7.57. The van der Waals surface area contributed by atoms with E-state index in [0.29, 0.717) is 0 Å². The SMILES string of the molecule is [2H]C([2H])([2H])P(=O)(O)CCC(N)C(=O)O. The summed E-state index contributed by atoms with van der Waals surface area (Å²) in [6.07, 6.45) is -0.946. The molecule has 4 N–H and O–H groups in total. The first-order valence-electron chi connectivity index (χ1n) is 4.38. The Labute approximate surface area is 68.9 Å². The van der Waals surface area contributed by atoms with E-state index in [4.69, 9.17) is 19.8 Å². The second-order valence-corrected chi connectivity index (χ2v) is 4.01. The molecule has 0 bridgehead atoms. The van der Waals surface area contributed by atoms with Gasteiger partial charge in [0.25, 0.3) is 0 Å². The predicted octanol–water partition coefficient (Wildman–Crippen LogP) is -0.311. The van der Waals surface area contributed by atoms with Crippen LogP contribution >= 0.6 is 7.37 Å². The Bertz CT molecular complexity index is 266. The van der Waals surface area contributed by atoms with Crippen LogP contribution in [-0.4, -0.2) is 34.8 Å². The summed E-state index contributed by atoms with van der Waals surface area (Å²) in [6, 6.07) is -1.31. The maximum absolute atomic E-state index is 11.1. The smallest absolute Gasteiger partial charge is 0.320 e. The molecule has 0 radical (unpaired) electrons. The molecule has 0 amide bonds. The fourth-order valence-corrected chi connectivity index (χ4v) is 1.07. The van der Waals surface area contributed by atoms with Crippen LogP contribution in [0.3, 0.4) is 0 Å². The zero-order chi connectivity index (χ0) is 11.6. The van der Waals surface area contributed by atoms with E-state index in [1.165, 1.54) is 0 Å². The number of nitrogens with two attached hydrogens (primary N) is 1. The Morgan fingerprint density at radius 3 is 2.82 bits per heavy atom. The van der Waals surface area contributed by atoms with Crippen LogP contribution in [0.5, 0.6) is 0 Å². The Morgan fingerprint density at radius 2 is 2.45 bits per heavy atom. The fraction of sp³-hybridized carbons (Fsp3) is 0.800. The lowest BCUT2D eigenvalue weighted by molar-refractivity contribution is -0.138. The van der Waals surface area contributed by atoms with Crippen molar-refractivity contribution in [2.24, 2.45) is 5.73 Å². The van der Waals surface area contributed by atoms with E-state index in [2.05, 4.69) is 0 Å². The summed E-state index contributed by atoms with van der Waals surface area (Å²) in [5, 5.41) is 8.34. The molecule has 0 heterocycles. The molecule has 0 aliphatic rings. The number of carbonyl (C=O) groups is 1. The van der Waals surface area contributed by atoms with Gasteiger partial charge in [-0.2, -0.15) is 0 Å². The third kappa shape index (κ3) is 6.04. The van der Waals surface area contributed by atoms with Gasteiger partial charge in [0.1, 0.15) is 6.04 Å². The molecule has 0 aromatic rings. The molecule has 5 nitrogen and oxygen atoms in total. The minimum atomic E-state index is -4.31. The molecule has 0 saturated heterocycles. The normalized spacial score (nSPS) is 24.0. The first-order chi connectivity index (χ1) is 6.08. The number of rotatable bonds is 4. The number of carboxylic acids is 1. The van der Waals surface area contributed by atoms with Gasteiger partial charge in [-0.3, -0.25) is 9.36 Å². The summed E-state index contributed by atoms with van der Waals surface area (Å²) < 4.78 is 31.3. The Balaban J connectivity index is 4.28. The summed E-state index contributed by atoms with van der Waals surface area (Å²) in [5.41, 5.74) is 5.05. The molecule has 0 saturated carbocycles. The monoisotopic (exact) mass is 184 g/mol. The summed E-state index contributed by atoms with van der Waals surface area (Å²) in [6.45, 7) is -2.97. The highest BCUT2D eigenvalue weighted by Gasteiger charge is 2.16. The van der Waals surface area contributed by atoms with Crippen molar-refractivity contribution in [3.63, 3.8) is 0 Å². The van der Waals surface area contributed by atoms with E-state index in [1.807, 2.05) is 0 Å². The molecule has 2 unspecified atom stereocenters. The van der Waals surface area contributed by atoms with E-state index in [9.17, 15) is 9.36 Å². The molecule has 2 atom stereocenters. The van der Waals surface area contributed by atoms with E-state index in [-0.39, 0.29) is 6.42 Å². The molecule has 0 fully saturated rings. The van der Waals surface area contributed by atoms with Crippen molar-refractivity contribution in [3.05, 3.63) is 0 Å². The molecule has 0 spiro atoms. The van der Waals surface area contributed by atoms with Crippen LogP contribution in [0.2, 0.25) is 0 Å². The largest absolute Gasteiger partial charge is 0.480 e. The topological polar surface area (TPSA) is 101 Å². The van der Waals surface area contributed by atoms with Crippen LogP contribution in [0.1, 0.15) is 10.5 Å². The molecule has 0 aliphatic carbocycles. The van der Waals surface area contributed by atoms with Gasteiger partial charge in [0.15, 0.2) is 7.37 Å². The van der Waals surface area contributed by atoms with Gasteiger partial charge in [-0.25, -0.2) is 0 Å². The Morgan fingerprint density at radius 1 is 1.91 bits per heavy atom. The minimum Gasteiger partial charge on any atom is -0.480 e.